The van der Waals surface area contributed by atoms with Crippen molar-refractivity contribution in [2.24, 2.45) is 5.92 Å². The van der Waals surface area contributed by atoms with Crippen molar-refractivity contribution >= 4 is 5.78 Å². The van der Waals surface area contributed by atoms with Crippen molar-refractivity contribution < 1.29 is 4.79 Å². The Morgan fingerprint density at radius 2 is 2.06 bits per heavy atom. The summed E-state index contributed by atoms with van der Waals surface area (Å²) < 4.78 is 0. The zero-order valence-electron chi connectivity index (χ0n) is 9.83. The summed E-state index contributed by atoms with van der Waals surface area (Å²) in [5.41, 5.74) is 2.53. The molecule has 84 valence electrons. The van der Waals surface area contributed by atoms with Gasteiger partial charge in [-0.1, -0.05) is 37.1 Å². The van der Waals surface area contributed by atoms with E-state index in [1.807, 2.05) is 0 Å². The van der Waals surface area contributed by atoms with Gasteiger partial charge >= 0.3 is 0 Å². The van der Waals surface area contributed by atoms with E-state index in [1.165, 1.54) is 24.0 Å². The highest BCUT2D eigenvalue weighted by molar-refractivity contribution is 5.94. The van der Waals surface area contributed by atoms with E-state index in [0.717, 1.165) is 19.3 Å². The van der Waals surface area contributed by atoms with Crippen LogP contribution in [-0.4, -0.2) is 5.78 Å². The van der Waals surface area contributed by atoms with E-state index < -0.39 is 0 Å². The summed E-state index contributed by atoms with van der Waals surface area (Å²) in [5, 5.41) is 0. The lowest BCUT2D eigenvalue weighted by Crippen LogP contribution is -2.41. The van der Waals surface area contributed by atoms with Crippen molar-refractivity contribution in [3.8, 4) is 0 Å². The summed E-state index contributed by atoms with van der Waals surface area (Å²) in [4.78, 5) is 12.5. The molecule has 2 aliphatic rings. The Balaban J connectivity index is 2.19. The Labute approximate surface area is 96.9 Å². The van der Waals surface area contributed by atoms with Gasteiger partial charge in [-0.2, -0.15) is 0 Å². The van der Waals surface area contributed by atoms with E-state index in [-0.39, 0.29) is 5.41 Å². The first-order valence-corrected chi connectivity index (χ1v) is 6.34. The second-order valence-electron chi connectivity index (χ2n) is 5.50. The van der Waals surface area contributed by atoms with Gasteiger partial charge < -0.3 is 0 Å². The number of rotatable bonds is 0. The Kier molecular flexibility index (Phi) is 2.17. The highest BCUT2D eigenvalue weighted by Gasteiger charge is 2.44. The molecule has 2 bridgehead atoms. The fourth-order valence-corrected chi connectivity index (χ4v) is 3.54. The smallest absolute Gasteiger partial charge is 0.146 e. The standard InChI is InChI=1S/C15H18O/c1-15-9-5-4-7-12(14(15)16)10-11-6-2-3-8-13(11)15/h2-3,6,8,12H,4-5,7,9-10H2,1H3. The summed E-state index contributed by atoms with van der Waals surface area (Å²) >= 11 is 0. The lowest BCUT2D eigenvalue weighted by atomic mass is 9.65. The van der Waals surface area contributed by atoms with Crippen LogP contribution in [0.1, 0.15) is 43.7 Å². The summed E-state index contributed by atoms with van der Waals surface area (Å²) in [5.74, 6) is 0.797. The van der Waals surface area contributed by atoms with Crippen molar-refractivity contribution in [1.29, 1.82) is 0 Å². The first-order chi connectivity index (χ1) is 7.72. The molecule has 2 aliphatic carbocycles. The number of carbonyl (C=O) groups is 1. The minimum atomic E-state index is -0.185. The molecule has 0 aliphatic heterocycles. The van der Waals surface area contributed by atoms with Crippen LogP contribution in [0.5, 0.6) is 0 Å². The van der Waals surface area contributed by atoms with Crippen molar-refractivity contribution in [1.82, 2.24) is 0 Å². The number of hydrogen-bond acceptors (Lipinski definition) is 1. The first kappa shape index (κ1) is 10.1. The fourth-order valence-electron chi connectivity index (χ4n) is 3.54. The molecule has 0 amide bonds. The maximum absolute atomic E-state index is 12.5. The second-order valence-corrected chi connectivity index (χ2v) is 5.50. The highest BCUT2D eigenvalue weighted by atomic mass is 16.1. The number of ketones is 1. The molecule has 2 atom stereocenters. The van der Waals surface area contributed by atoms with Crippen LogP contribution in [0.25, 0.3) is 0 Å². The van der Waals surface area contributed by atoms with Gasteiger partial charge in [-0.3, -0.25) is 4.79 Å². The molecule has 1 saturated carbocycles. The number of benzene rings is 1. The highest BCUT2D eigenvalue weighted by Crippen LogP contribution is 2.44. The summed E-state index contributed by atoms with van der Waals surface area (Å²) in [6.07, 6.45) is 5.54. The second kappa shape index (κ2) is 3.44. The fraction of sp³-hybridized carbons (Fsp3) is 0.533. The maximum Gasteiger partial charge on any atom is 0.146 e. The van der Waals surface area contributed by atoms with Gasteiger partial charge in [0, 0.05) is 5.92 Å². The summed E-state index contributed by atoms with van der Waals surface area (Å²) in [6, 6.07) is 8.54. The molecule has 0 saturated heterocycles. The van der Waals surface area contributed by atoms with Gasteiger partial charge in [0.25, 0.3) is 0 Å². The van der Waals surface area contributed by atoms with Gasteiger partial charge in [-0.15, -0.1) is 0 Å². The zero-order valence-corrected chi connectivity index (χ0v) is 9.83. The van der Waals surface area contributed by atoms with Gasteiger partial charge in [0.05, 0.1) is 5.41 Å². The van der Waals surface area contributed by atoms with Crippen LogP contribution in [0.4, 0.5) is 0 Å². The van der Waals surface area contributed by atoms with Gasteiger partial charge in [-0.05, 0) is 37.3 Å². The third-order valence-electron chi connectivity index (χ3n) is 4.47. The molecule has 0 N–H and O–H groups in total. The molecule has 0 heterocycles. The quantitative estimate of drug-likeness (QED) is 0.648. The molecule has 2 unspecified atom stereocenters. The van der Waals surface area contributed by atoms with Gasteiger partial charge in [-0.25, -0.2) is 0 Å². The number of hydrogen-bond donors (Lipinski definition) is 0. The van der Waals surface area contributed by atoms with Gasteiger partial charge in [0.15, 0.2) is 0 Å². The monoisotopic (exact) mass is 214 g/mol. The topological polar surface area (TPSA) is 17.1 Å². The summed E-state index contributed by atoms with van der Waals surface area (Å²) in [7, 11) is 0. The lowest BCUT2D eigenvalue weighted by molar-refractivity contribution is -0.128. The third-order valence-corrected chi connectivity index (χ3v) is 4.47. The largest absolute Gasteiger partial charge is 0.298 e. The molecular formula is C15H18O. The Morgan fingerprint density at radius 1 is 1.25 bits per heavy atom. The third kappa shape index (κ3) is 1.27. The van der Waals surface area contributed by atoms with Crippen molar-refractivity contribution in [2.75, 3.05) is 0 Å². The average Bonchev–Trinajstić information content (AvgIpc) is 2.40. The molecule has 1 aromatic carbocycles. The van der Waals surface area contributed by atoms with E-state index in [4.69, 9.17) is 0 Å². The zero-order chi connectivity index (χ0) is 11.2. The number of fused-ring (bicyclic) bond motifs is 4. The van der Waals surface area contributed by atoms with Crippen LogP contribution in [0, 0.1) is 5.92 Å². The molecule has 1 heteroatoms. The van der Waals surface area contributed by atoms with E-state index in [9.17, 15) is 4.79 Å². The Morgan fingerprint density at radius 3 is 2.94 bits per heavy atom. The van der Waals surface area contributed by atoms with Crippen molar-refractivity contribution in [3.05, 3.63) is 35.4 Å². The molecule has 0 radical (unpaired) electrons. The molecule has 1 fully saturated rings. The average molecular weight is 214 g/mol. The SMILES string of the molecule is CC12CCCCC(Cc3ccccc31)C2=O. The van der Waals surface area contributed by atoms with Crippen LogP contribution in [0.15, 0.2) is 24.3 Å². The first-order valence-electron chi connectivity index (χ1n) is 6.34. The Hall–Kier alpha value is -1.11. The van der Waals surface area contributed by atoms with Crippen LogP contribution in [0.2, 0.25) is 0 Å². The Bertz CT molecular complexity index is 435. The van der Waals surface area contributed by atoms with E-state index in [2.05, 4.69) is 31.2 Å². The minimum Gasteiger partial charge on any atom is -0.298 e. The van der Waals surface area contributed by atoms with Crippen LogP contribution in [-0.2, 0) is 16.6 Å². The van der Waals surface area contributed by atoms with E-state index in [0.29, 0.717) is 11.7 Å². The molecule has 1 aromatic rings. The predicted molar refractivity (Wildman–Crippen MR) is 64.5 cm³/mol. The van der Waals surface area contributed by atoms with E-state index >= 15 is 0 Å². The lowest BCUT2D eigenvalue weighted by Gasteiger charge is -2.36. The minimum absolute atomic E-state index is 0.185. The summed E-state index contributed by atoms with van der Waals surface area (Å²) in [6.45, 7) is 2.16. The molecule has 0 spiro atoms. The van der Waals surface area contributed by atoms with Crippen molar-refractivity contribution in [3.63, 3.8) is 0 Å². The molecule has 0 aromatic heterocycles. The van der Waals surface area contributed by atoms with Crippen LogP contribution in [0.3, 0.4) is 0 Å². The normalized spacial score (nSPS) is 33.1. The number of Topliss-reactive ketones (excluding diaryl/α,β-unsaturated/α-hetero) is 1. The molecule has 1 nitrogen and oxygen atoms in total. The predicted octanol–water partition coefficient (Wildman–Crippen LogP) is 3.26. The van der Waals surface area contributed by atoms with Crippen LogP contribution >= 0.6 is 0 Å². The number of carbonyl (C=O) groups excluding carboxylic acids is 1. The van der Waals surface area contributed by atoms with Gasteiger partial charge in [0.1, 0.15) is 5.78 Å². The molecular weight excluding hydrogens is 196 g/mol. The van der Waals surface area contributed by atoms with Crippen LogP contribution < -0.4 is 0 Å². The maximum atomic E-state index is 12.5. The molecule has 16 heavy (non-hydrogen) atoms. The molecule has 3 rings (SSSR count). The van der Waals surface area contributed by atoms with Gasteiger partial charge in [0.2, 0.25) is 0 Å². The van der Waals surface area contributed by atoms with E-state index in [1.54, 1.807) is 0 Å². The van der Waals surface area contributed by atoms with Crippen molar-refractivity contribution in [2.45, 2.75) is 44.4 Å².